The smallest absolute Gasteiger partial charge is 0.304 e. The Morgan fingerprint density at radius 3 is 3.00 bits per heavy atom. The molecule has 0 aliphatic rings. The maximum absolute atomic E-state index is 10.3. The number of thioether (sulfide) groups is 1. The first kappa shape index (κ1) is 12.0. The molecule has 0 atom stereocenters. The van der Waals surface area contributed by atoms with E-state index in [1.807, 2.05) is 18.5 Å². The van der Waals surface area contributed by atoms with E-state index in [1.165, 1.54) is 6.33 Å². The molecule has 6 heteroatoms. The second-order valence-corrected chi connectivity index (χ2v) is 4.52. The van der Waals surface area contributed by atoms with Crippen molar-refractivity contribution in [2.24, 2.45) is 0 Å². The van der Waals surface area contributed by atoms with Gasteiger partial charge in [-0.1, -0.05) is 0 Å². The van der Waals surface area contributed by atoms with E-state index in [0.717, 1.165) is 5.82 Å². The second-order valence-electron chi connectivity index (χ2n) is 3.41. The van der Waals surface area contributed by atoms with Crippen LogP contribution in [-0.2, 0) is 10.5 Å². The number of carboxylic acids is 1. The predicted molar refractivity (Wildman–Crippen MR) is 58.8 cm³/mol. The van der Waals surface area contributed by atoms with Crippen LogP contribution in [-0.4, -0.2) is 31.6 Å². The molecule has 0 saturated carbocycles. The Morgan fingerprint density at radius 2 is 2.40 bits per heavy atom. The van der Waals surface area contributed by atoms with Crippen molar-refractivity contribution in [3.8, 4) is 0 Å². The molecule has 5 nitrogen and oxygen atoms in total. The summed E-state index contributed by atoms with van der Waals surface area (Å²) in [7, 11) is 0. The normalized spacial score (nSPS) is 10.9. The summed E-state index contributed by atoms with van der Waals surface area (Å²) >= 11 is 1.57. The fourth-order valence-corrected chi connectivity index (χ4v) is 1.98. The molecule has 0 amide bonds. The Labute approximate surface area is 92.9 Å². The van der Waals surface area contributed by atoms with Crippen LogP contribution in [0.5, 0.6) is 0 Å². The van der Waals surface area contributed by atoms with Crippen molar-refractivity contribution in [2.75, 3.05) is 5.75 Å². The molecule has 1 rings (SSSR count). The topological polar surface area (TPSA) is 68.0 Å². The molecule has 15 heavy (non-hydrogen) atoms. The molecule has 0 aliphatic carbocycles. The van der Waals surface area contributed by atoms with E-state index in [9.17, 15) is 4.79 Å². The van der Waals surface area contributed by atoms with E-state index < -0.39 is 5.97 Å². The van der Waals surface area contributed by atoms with Crippen LogP contribution in [0.4, 0.5) is 0 Å². The summed E-state index contributed by atoms with van der Waals surface area (Å²) in [5.41, 5.74) is 0. The first-order valence-corrected chi connectivity index (χ1v) is 5.94. The van der Waals surface area contributed by atoms with Gasteiger partial charge in [-0.15, -0.1) is 0 Å². The number of carboxylic acid groups (broad SMARTS) is 1. The third-order valence-electron chi connectivity index (χ3n) is 1.83. The van der Waals surface area contributed by atoms with Crippen LogP contribution in [0, 0.1) is 0 Å². The van der Waals surface area contributed by atoms with E-state index in [2.05, 4.69) is 10.1 Å². The maximum Gasteiger partial charge on any atom is 0.304 e. The van der Waals surface area contributed by atoms with Gasteiger partial charge in [0.1, 0.15) is 12.2 Å². The van der Waals surface area contributed by atoms with Crippen LogP contribution >= 0.6 is 11.8 Å². The minimum atomic E-state index is -0.757. The molecule has 0 radical (unpaired) electrons. The molecule has 1 aromatic heterocycles. The molecule has 84 valence electrons. The maximum atomic E-state index is 10.3. The lowest BCUT2D eigenvalue weighted by Crippen LogP contribution is -2.07. The third-order valence-corrected chi connectivity index (χ3v) is 2.78. The number of carbonyl (C=O) groups is 1. The average molecular weight is 229 g/mol. The number of hydrogen-bond acceptors (Lipinski definition) is 4. The highest BCUT2D eigenvalue weighted by atomic mass is 32.2. The van der Waals surface area contributed by atoms with Gasteiger partial charge < -0.3 is 5.11 Å². The van der Waals surface area contributed by atoms with E-state index in [-0.39, 0.29) is 6.42 Å². The van der Waals surface area contributed by atoms with E-state index in [0.29, 0.717) is 17.5 Å². The highest BCUT2D eigenvalue weighted by molar-refractivity contribution is 7.98. The Morgan fingerprint density at radius 1 is 1.67 bits per heavy atom. The Bertz CT molecular complexity index is 325. The molecule has 1 aromatic rings. The number of rotatable bonds is 6. The van der Waals surface area contributed by atoms with Crippen LogP contribution in [0.25, 0.3) is 0 Å². The lowest BCUT2D eigenvalue weighted by atomic mass is 10.4. The van der Waals surface area contributed by atoms with Gasteiger partial charge in [-0.05, 0) is 13.8 Å². The summed E-state index contributed by atoms with van der Waals surface area (Å²) < 4.78 is 1.85. The standard InChI is InChI=1S/C9H15N3O2S/c1-7(2)12-8(10-6-11-12)5-15-4-3-9(13)14/h6-7H,3-5H2,1-2H3,(H,13,14). The number of nitrogens with zero attached hydrogens (tertiary/aromatic N) is 3. The molecule has 0 bridgehead atoms. The van der Waals surface area contributed by atoms with Crippen LogP contribution in [0.1, 0.15) is 32.1 Å². The summed E-state index contributed by atoms with van der Waals surface area (Å²) in [6.45, 7) is 4.08. The molecule has 0 fully saturated rings. The van der Waals surface area contributed by atoms with Gasteiger partial charge in [-0.3, -0.25) is 4.79 Å². The van der Waals surface area contributed by atoms with Crippen molar-refractivity contribution in [2.45, 2.75) is 32.1 Å². The van der Waals surface area contributed by atoms with E-state index in [1.54, 1.807) is 11.8 Å². The quantitative estimate of drug-likeness (QED) is 0.750. The zero-order valence-electron chi connectivity index (χ0n) is 8.88. The van der Waals surface area contributed by atoms with E-state index in [4.69, 9.17) is 5.11 Å². The molecule has 0 spiro atoms. The van der Waals surface area contributed by atoms with Crippen molar-refractivity contribution < 1.29 is 9.90 Å². The summed E-state index contributed by atoms with van der Waals surface area (Å²) in [6.07, 6.45) is 1.73. The van der Waals surface area contributed by atoms with Gasteiger partial charge in [0, 0.05) is 11.8 Å². The predicted octanol–water partition coefficient (Wildman–Crippen LogP) is 1.57. The minimum absolute atomic E-state index is 0.195. The molecular weight excluding hydrogens is 214 g/mol. The Kier molecular flexibility index (Phi) is 4.61. The molecular formula is C9H15N3O2S. The van der Waals surface area contributed by atoms with E-state index >= 15 is 0 Å². The molecule has 0 saturated heterocycles. The molecule has 0 unspecified atom stereocenters. The third kappa shape index (κ3) is 3.91. The van der Waals surface area contributed by atoms with Gasteiger partial charge in [0.2, 0.25) is 0 Å². The average Bonchev–Trinajstić information content (AvgIpc) is 2.60. The summed E-state index contributed by atoms with van der Waals surface area (Å²) in [4.78, 5) is 14.4. The highest BCUT2D eigenvalue weighted by Crippen LogP contribution is 2.13. The number of aliphatic carboxylic acids is 1. The van der Waals surface area contributed by atoms with Gasteiger partial charge in [-0.25, -0.2) is 9.67 Å². The van der Waals surface area contributed by atoms with Crippen molar-refractivity contribution in [1.82, 2.24) is 14.8 Å². The van der Waals surface area contributed by atoms with Gasteiger partial charge in [0.25, 0.3) is 0 Å². The van der Waals surface area contributed by atoms with Crippen LogP contribution in [0.15, 0.2) is 6.33 Å². The van der Waals surface area contributed by atoms with Crippen LogP contribution in [0.2, 0.25) is 0 Å². The van der Waals surface area contributed by atoms with Crippen molar-refractivity contribution in [1.29, 1.82) is 0 Å². The minimum Gasteiger partial charge on any atom is -0.481 e. The first-order valence-electron chi connectivity index (χ1n) is 4.79. The van der Waals surface area contributed by atoms with Gasteiger partial charge in [0.15, 0.2) is 0 Å². The number of hydrogen-bond donors (Lipinski definition) is 1. The summed E-state index contributed by atoms with van der Waals surface area (Å²) in [5, 5.41) is 12.6. The monoisotopic (exact) mass is 229 g/mol. The number of aromatic nitrogens is 3. The van der Waals surface area contributed by atoms with Crippen molar-refractivity contribution in [3.63, 3.8) is 0 Å². The van der Waals surface area contributed by atoms with Crippen molar-refractivity contribution in [3.05, 3.63) is 12.2 Å². The largest absolute Gasteiger partial charge is 0.481 e. The van der Waals surface area contributed by atoms with Crippen LogP contribution in [0.3, 0.4) is 0 Å². The fraction of sp³-hybridized carbons (Fsp3) is 0.667. The van der Waals surface area contributed by atoms with Crippen molar-refractivity contribution >= 4 is 17.7 Å². The molecule has 1 heterocycles. The first-order chi connectivity index (χ1) is 7.11. The SMILES string of the molecule is CC(C)n1ncnc1CSCCC(=O)O. The van der Waals surface area contributed by atoms with Gasteiger partial charge in [0.05, 0.1) is 12.2 Å². The summed E-state index contributed by atoms with van der Waals surface area (Å²) in [6, 6.07) is 0.294. The van der Waals surface area contributed by atoms with Crippen LogP contribution < -0.4 is 0 Å². The zero-order chi connectivity index (χ0) is 11.3. The zero-order valence-corrected chi connectivity index (χ0v) is 9.70. The lowest BCUT2D eigenvalue weighted by molar-refractivity contribution is -0.136. The summed E-state index contributed by atoms with van der Waals surface area (Å²) in [5.74, 6) is 1.47. The molecule has 0 aliphatic heterocycles. The fourth-order valence-electron chi connectivity index (χ4n) is 1.13. The molecule has 1 N–H and O–H groups in total. The lowest BCUT2D eigenvalue weighted by Gasteiger charge is -2.08. The Balaban J connectivity index is 2.37. The highest BCUT2D eigenvalue weighted by Gasteiger charge is 2.07. The molecule has 0 aromatic carbocycles. The Hall–Kier alpha value is -1.04. The van der Waals surface area contributed by atoms with Gasteiger partial charge in [-0.2, -0.15) is 16.9 Å². The second kappa shape index (κ2) is 5.75. The van der Waals surface area contributed by atoms with Gasteiger partial charge >= 0.3 is 5.97 Å².